The number of nitrogens with zero attached hydrogens (tertiary/aromatic N) is 3. The molecule has 1 aromatic heterocycles. The molecule has 1 fully saturated rings. The largest absolute Gasteiger partial charge is 0.343 e. The van der Waals surface area contributed by atoms with Gasteiger partial charge in [0.05, 0.1) is 5.69 Å². The molecule has 3 rings (SSSR count). The predicted octanol–water partition coefficient (Wildman–Crippen LogP) is 1.29. The number of aromatic nitrogens is 2. The molecule has 0 saturated carbocycles. The van der Waals surface area contributed by atoms with Crippen molar-refractivity contribution < 1.29 is 4.79 Å². The molecule has 1 aromatic rings. The van der Waals surface area contributed by atoms with Crippen LogP contribution in [0.4, 0.5) is 11.5 Å². The molecule has 1 unspecified atom stereocenters. The van der Waals surface area contributed by atoms with E-state index in [0.29, 0.717) is 0 Å². The zero-order valence-electron chi connectivity index (χ0n) is 10.4. The van der Waals surface area contributed by atoms with Crippen LogP contribution in [0.2, 0.25) is 0 Å². The summed E-state index contributed by atoms with van der Waals surface area (Å²) in [6, 6.07) is 0.0105. The van der Waals surface area contributed by atoms with Crippen LogP contribution in [0, 0.1) is 0 Å². The summed E-state index contributed by atoms with van der Waals surface area (Å²) in [6.45, 7) is 3.03. The average molecular weight is 234 g/mol. The highest BCUT2D eigenvalue weighted by atomic mass is 16.2. The molecule has 5 nitrogen and oxygen atoms in total. The van der Waals surface area contributed by atoms with Crippen molar-refractivity contribution in [3.8, 4) is 0 Å². The number of hydrogen-bond donors (Lipinski definition) is 1. The second-order valence-corrected chi connectivity index (χ2v) is 4.82. The third kappa shape index (κ3) is 1.45. The van der Waals surface area contributed by atoms with Crippen LogP contribution in [0.3, 0.4) is 0 Å². The van der Waals surface area contributed by atoms with Crippen molar-refractivity contribution >= 4 is 17.4 Å². The number of piperidine rings is 1. The number of fused-ring (bicyclic) bond motifs is 3. The van der Waals surface area contributed by atoms with Crippen LogP contribution in [0.15, 0.2) is 0 Å². The Hall–Kier alpha value is -1.52. The van der Waals surface area contributed by atoms with Crippen LogP contribution in [-0.2, 0) is 18.3 Å². The van der Waals surface area contributed by atoms with Crippen LogP contribution < -0.4 is 10.2 Å². The van der Waals surface area contributed by atoms with E-state index in [2.05, 4.69) is 22.2 Å². The standard InChI is InChI=1S/C12H18N4O/c1-3-8-10-12(15(2)14-8)16-7-5-4-6-9(16)11(17)13-10/h9H,3-7H2,1-2H3,(H,13,17). The number of carbonyl (C=O) groups is 1. The minimum atomic E-state index is 0.0105. The first-order chi connectivity index (χ1) is 8.22. The van der Waals surface area contributed by atoms with Gasteiger partial charge in [-0.25, -0.2) is 0 Å². The molecular formula is C12H18N4O. The lowest BCUT2D eigenvalue weighted by Gasteiger charge is -2.39. The summed E-state index contributed by atoms with van der Waals surface area (Å²) in [5.41, 5.74) is 1.91. The Morgan fingerprint density at radius 2 is 2.29 bits per heavy atom. The van der Waals surface area contributed by atoms with E-state index in [1.54, 1.807) is 0 Å². The molecule has 92 valence electrons. The van der Waals surface area contributed by atoms with E-state index in [0.717, 1.165) is 49.4 Å². The lowest BCUT2D eigenvalue weighted by molar-refractivity contribution is -0.118. The van der Waals surface area contributed by atoms with Gasteiger partial charge in [-0.05, 0) is 25.7 Å². The lowest BCUT2D eigenvalue weighted by Crippen LogP contribution is -2.51. The van der Waals surface area contributed by atoms with E-state index in [1.807, 2.05) is 11.7 Å². The average Bonchev–Trinajstić information content (AvgIpc) is 2.66. The lowest BCUT2D eigenvalue weighted by atomic mass is 9.99. The first-order valence-corrected chi connectivity index (χ1v) is 6.35. The van der Waals surface area contributed by atoms with E-state index < -0.39 is 0 Å². The molecule has 17 heavy (non-hydrogen) atoms. The molecule has 0 radical (unpaired) electrons. The SMILES string of the molecule is CCc1nn(C)c2c1NC(=O)C1CCCCN21. The van der Waals surface area contributed by atoms with Crippen LogP contribution in [0.1, 0.15) is 31.9 Å². The van der Waals surface area contributed by atoms with Crippen molar-refractivity contribution in [2.24, 2.45) is 7.05 Å². The Morgan fingerprint density at radius 3 is 3.06 bits per heavy atom. The predicted molar refractivity (Wildman–Crippen MR) is 66.2 cm³/mol. The fourth-order valence-electron chi connectivity index (χ4n) is 2.94. The van der Waals surface area contributed by atoms with E-state index in [1.165, 1.54) is 0 Å². The van der Waals surface area contributed by atoms with Gasteiger partial charge in [0.1, 0.15) is 11.7 Å². The van der Waals surface area contributed by atoms with E-state index in [9.17, 15) is 4.79 Å². The molecule has 2 aliphatic heterocycles. The summed E-state index contributed by atoms with van der Waals surface area (Å²) in [6.07, 6.45) is 4.11. The normalized spacial score (nSPS) is 23.1. The number of hydrogen-bond acceptors (Lipinski definition) is 3. The monoisotopic (exact) mass is 234 g/mol. The molecule has 0 spiro atoms. The Balaban J connectivity index is 2.10. The highest BCUT2D eigenvalue weighted by molar-refractivity contribution is 6.03. The summed E-state index contributed by atoms with van der Waals surface area (Å²) in [4.78, 5) is 14.3. The molecule has 1 amide bonds. The maximum atomic E-state index is 12.1. The van der Waals surface area contributed by atoms with Gasteiger partial charge in [-0.3, -0.25) is 9.48 Å². The molecule has 5 heteroatoms. The summed E-state index contributed by atoms with van der Waals surface area (Å²) in [5, 5.41) is 7.53. The van der Waals surface area contributed by atoms with Crippen LogP contribution >= 0.6 is 0 Å². The molecule has 2 aliphatic rings. The quantitative estimate of drug-likeness (QED) is 0.796. The van der Waals surface area contributed by atoms with Gasteiger partial charge in [0.25, 0.3) is 0 Å². The fraction of sp³-hybridized carbons (Fsp3) is 0.667. The topological polar surface area (TPSA) is 50.2 Å². The van der Waals surface area contributed by atoms with Gasteiger partial charge in [0, 0.05) is 13.6 Å². The van der Waals surface area contributed by atoms with Gasteiger partial charge in [-0.15, -0.1) is 0 Å². The van der Waals surface area contributed by atoms with E-state index in [-0.39, 0.29) is 11.9 Å². The fourth-order valence-corrected chi connectivity index (χ4v) is 2.94. The number of amides is 1. The van der Waals surface area contributed by atoms with Crippen molar-refractivity contribution in [2.45, 2.75) is 38.6 Å². The van der Waals surface area contributed by atoms with E-state index >= 15 is 0 Å². The van der Waals surface area contributed by atoms with Gasteiger partial charge in [-0.2, -0.15) is 5.10 Å². The summed E-state index contributed by atoms with van der Waals surface area (Å²) >= 11 is 0. The molecule has 1 N–H and O–H groups in total. The minimum Gasteiger partial charge on any atom is -0.343 e. The third-order valence-electron chi connectivity index (χ3n) is 3.75. The number of nitrogens with one attached hydrogen (secondary N) is 1. The number of aryl methyl sites for hydroxylation is 2. The van der Waals surface area contributed by atoms with Crippen molar-refractivity contribution in [3.63, 3.8) is 0 Å². The maximum Gasteiger partial charge on any atom is 0.247 e. The van der Waals surface area contributed by atoms with Gasteiger partial charge < -0.3 is 10.2 Å². The number of anilines is 2. The van der Waals surface area contributed by atoms with E-state index in [4.69, 9.17) is 0 Å². The van der Waals surface area contributed by atoms with Crippen molar-refractivity contribution in [1.29, 1.82) is 0 Å². The maximum absolute atomic E-state index is 12.1. The second kappa shape index (κ2) is 3.75. The molecule has 0 aliphatic carbocycles. The van der Waals surface area contributed by atoms with Crippen LogP contribution in [0.5, 0.6) is 0 Å². The zero-order valence-corrected chi connectivity index (χ0v) is 10.4. The Kier molecular flexibility index (Phi) is 2.34. The minimum absolute atomic E-state index is 0.0105. The summed E-state index contributed by atoms with van der Waals surface area (Å²) < 4.78 is 1.91. The Labute approximate surface area is 101 Å². The summed E-state index contributed by atoms with van der Waals surface area (Å²) in [5.74, 6) is 1.23. The molecule has 3 heterocycles. The summed E-state index contributed by atoms with van der Waals surface area (Å²) in [7, 11) is 1.96. The van der Waals surface area contributed by atoms with Crippen molar-refractivity contribution in [3.05, 3.63) is 5.69 Å². The number of rotatable bonds is 1. The zero-order chi connectivity index (χ0) is 12.0. The molecular weight excluding hydrogens is 216 g/mol. The first kappa shape index (κ1) is 10.6. The van der Waals surface area contributed by atoms with Crippen LogP contribution in [-0.4, -0.2) is 28.3 Å². The Morgan fingerprint density at radius 1 is 1.47 bits per heavy atom. The second-order valence-electron chi connectivity index (χ2n) is 4.82. The number of carbonyl (C=O) groups excluding carboxylic acids is 1. The smallest absolute Gasteiger partial charge is 0.247 e. The van der Waals surface area contributed by atoms with Gasteiger partial charge in [-0.1, -0.05) is 6.92 Å². The first-order valence-electron chi connectivity index (χ1n) is 6.35. The highest BCUT2D eigenvalue weighted by Gasteiger charge is 2.37. The third-order valence-corrected chi connectivity index (χ3v) is 3.75. The highest BCUT2D eigenvalue weighted by Crippen LogP contribution is 2.37. The molecule has 0 bridgehead atoms. The van der Waals surface area contributed by atoms with Crippen LogP contribution in [0.25, 0.3) is 0 Å². The van der Waals surface area contributed by atoms with Gasteiger partial charge >= 0.3 is 0 Å². The molecule has 0 aromatic carbocycles. The van der Waals surface area contributed by atoms with Gasteiger partial charge in [0.15, 0.2) is 5.82 Å². The van der Waals surface area contributed by atoms with Crippen molar-refractivity contribution in [1.82, 2.24) is 9.78 Å². The molecule has 1 saturated heterocycles. The molecule has 1 atom stereocenters. The Bertz CT molecular complexity index is 465. The van der Waals surface area contributed by atoms with Gasteiger partial charge in [0.2, 0.25) is 5.91 Å². The van der Waals surface area contributed by atoms with Crippen molar-refractivity contribution in [2.75, 3.05) is 16.8 Å².